The van der Waals surface area contributed by atoms with Crippen LogP contribution >= 0.6 is 0 Å². The van der Waals surface area contributed by atoms with Gasteiger partial charge < -0.3 is 10.0 Å². The normalized spacial score (nSPS) is 18.7. The van der Waals surface area contributed by atoms with Crippen LogP contribution in [0.3, 0.4) is 0 Å². The topological polar surface area (TPSA) is 43.8 Å². The molecule has 1 N–H and O–H groups in total. The lowest BCUT2D eigenvalue weighted by molar-refractivity contribution is -0.131. The number of nitrogens with zero attached hydrogens (tertiary/aromatic N) is 2. The molecule has 0 aromatic heterocycles. The molecular weight excluding hydrogens is 324 g/mol. The number of β-amino-alcohol motifs (C(OH)–C–C–N with tert-alkyl or cyclic N) is 1. The van der Waals surface area contributed by atoms with Gasteiger partial charge in [0.1, 0.15) is 0 Å². The Morgan fingerprint density at radius 2 is 1.88 bits per heavy atom. The summed E-state index contributed by atoms with van der Waals surface area (Å²) in [6.45, 7) is 4.36. The van der Waals surface area contributed by atoms with Crippen LogP contribution in [0.2, 0.25) is 0 Å². The number of likely N-dealkylation sites (N-methyl/N-ethyl adjacent to an activating group) is 1. The van der Waals surface area contributed by atoms with Gasteiger partial charge in [-0.3, -0.25) is 9.69 Å². The standard InChI is InChI=1S/C22H28N2O2/c1-17-8-10-18(11-9-17)14-22(26)23(2)21(19-6-4-3-5-7-19)16-24-13-12-20(25)15-24/h3-11,20-21,25H,12-16H2,1-2H3/t20-,21?/m0/s1. The van der Waals surface area contributed by atoms with Gasteiger partial charge in [0.15, 0.2) is 0 Å². The van der Waals surface area contributed by atoms with Gasteiger partial charge in [0.2, 0.25) is 5.91 Å². The monoisotopic (exact) mass is 352 g/mol. The molecule has 1 amide bonds. The van der Waals surface area contributed by atoms with Crippen molar-refractivity contribution in [2.45, 2.75) is 31.9 Å². The van der Waals surface area contributed by atoms with Crippen molar-refractivity contribution in [2.75, 3.05) is 26.7 Å². The van der Waals surface area contributed by atoms with Crippen molar-refractivity contribution < 1.29 is 9.90 Å². The van der Waals surface area contributed by atoms with E-state index in [-0.39, 0.29) is 18.1 Å². The second kappa shape index (κ2) is 8.47. The van der Waals surface area contributed by atoms with E-state index in [1.165, 1.54) is 5.56 Å². The van der Waals surface area contributed by atoms with Crippen molar-refractivity contribution in [3.8, 4) is 0 Å². The second-order valence-electron chi connectivity index (χ2n) is 7.30. The van der Waals surface area contributed by atoms with Crippen LogP contribution in [0.15, 0.2) is 54.6 Å². The van der Waals surface area contributed by atoms with E-state index in [4.69, 9.17) is 0 Å². The van der Waals surface area contributed by atoms with Gasteiger partial charge in [0.05, 0.1) is 18.6 Å². The fourth-order valence-electron chi connectivity index (χ4n) is 3.53. The zero-order valence-corrected chi connectivity index (χ0v) is 15.6. The second-order valence-corrected chi connectivity index (χ2v) is 7.30. The van der Waals surface area contributed by atoms with Crippen molar-refractivity contribution in [1.82, 2.24) is 9.80 Å². The molecule has 1 aliphatic rings. The lowest BCUT2D eigenvalue weighted by Crippen LogP contribution is -2.39. The van der Waals surface area contributed by atoms with Gasteiger partial charge in [-0.1, -0.05) is 60.2 Å². The molecule has 0 radical (unpaired) electrons. The molecule has 0 bridgehead atoms. The summed E-state index contributed by atoms with van der Waals surface area (Å²) in [6.07, 6.45) is 0.964. The van der Waals surface area contributed by atoms with E-state index in [0.29, 0.717) is 13.0 Å². The molecule has 1 aliphatic heterocycles. The van der Waals surface area contributed by atoms with E-state index in [9.17, 15) is 9.90 Å². The minimum Gasteiger partial charge on any atom is -0.392 e. The van der Waals surface area contributed by atoms with Crippen LogP contribution in [0, 0.1) is 6.92 Å². The Balaban J connectivity index is 1.74. The van der Waals surface area contributed by atoms with Crippen LogP contribution in [-0.2, 0) is 11.2 Å². The first-order valence-corrected chi connectivity index (χ1v) is 9.29. The molecule has 4 nitrogen and oxygen atoms in total. The van der Waals surface area contributed by atoms with Crippen LogP contribution in [-0.4, -0.2) is 53.6 Å². The van der Waals surface area contributed by atoms with Crippen LogP contribution in [0.25, 0.3) is 0 Å². The molecule has 0 spiro atoms. The summed E-state index contributed by atoms with van der Waals surface area (Å²) in [5, 5.41) is 9.83. The van der Waals surface area contributed by atoms with E-state index in [2.05, 4.69) is 17.0 Å². The summed E-state index contributed by atoms with van der Waals surface area (Å²) >= 11 is 0. The molecule has 1 saturated heterocycles. The average molecular weight is 352 g/mol. The van der Waals surface area contributed by atoms with E-state index in [0.717, 1.165) is 30.6 Å². The summed E-state index contributed by atoms with van der Waals surface area (Å²) in [4.78, 5) is 17.0. The fourth-order valence-corrected chi connectivity index (χ4v) is 3.53. The van der Waals surface area contributed by atoms with Gasteiger partial charge in [0.25, 0.3) is 0 Å². The highest BCUT2D eigenvalue weighted by atomic mass is 16.3. The Labute approximate surface area is 156 Å². The number of carbonyl (C=O) groups is 1. The van der Waals surface area contributed by atoms with Crippen LogP contribution in [0.4, 0.5) is 0 Å². The lowest BCUT2D eigenvalue weighted by atomic mass is 10.0. The van der Waals surface area contributed by atoms with E-state index < -0.39 is 0 Å². The highest BCUT2D eigenvalue weighted by Gasteiger charge is 2.28. The molecule has 1 fully saturated rings. The van der Waals surface area contributed by atoms with Crippen molar-refractivity contribution in [3.63, 3.8) is 0 Å². The molecule has 1 unspecified atom stereocenters. The number of hydrogen-bond acceptors (Lipinski definition) is 3. The van der Waals surface area contributed by atoms with Crippen LogP contribution < -0.4 is 0 Å². The van der Waals surface area contributed by atoms with Gasteiger partial charge in [-0.25, -0.2) is 0 Å². The van der Waals surface area contributed by atoms with Crippen molar-refractivity contribution in [1.29, 1.82) is 0 Å². The molecule has 26 heavy (non-hydrogen) atoms. The molecule has 0 aliphatic carbocycles. The van der Waals surface area contributed by atoms with Crippen molar-refractivity contribution >= 4 is 5.91 Å². The Morgan fingerprint density at radius 3 is 2.50 bits per heavy atom. The fraction of sp³-hybridized carbons (Fsp3) is 0.409. The Bertz CT molecular complexity index is 715. The summed E-state index contributed by atoms with van der Waals surface area (Å²) in [7, 11) is 1.89. The number of aryl methyl sites for hydroxylation is 1. The molecule has 1 heterocycles. The van der Waals surface area contributed by atoms with Gasteiger partial charge in [-0.15, -0.1) is 0 Å². The van der Waals surface area contributed by atoms with Crippen LogP contribution in [0.5, 0.6) is 0 Å². The molecule has 2 aromatic rings. The van der Waals surface area contributed by atoms with Gasteiger partial charge in [-0.05, 0) is 24.5 Å². The molecule has 4 heteroatoms. The third kappa shape index (κ3) is 4.71. The minimum atomic E-state index is -0.250. The molecular formula is C22H28N2O2. The maximum atomic E-state index is 12.9. The number of amides is 1. The van der Waals surface area contributed by atoms with E-state index in [1.807, 2.05) is 61.3 Å². The average Bonchev–Trinajstić information content (AvgIpc) is 3.07. The number of carbonyl (C=O) groups excluding carboxylic acids is 1. The van der Waals surface area contributed by atoms with Crippen molar-refractivity contribution in [2.24, 2.45) is 0 Å². The first kappa shape index (κ1) is 18.6. The Morgan fingerprint density at radius 1 is 1.19 bits per heavy atom. The Hall–Kier alpha value is -2.17. The molecule has 3 rings (SSSR count). The Kier molecular flexibility index (Phi) is 6.07. The summed E-state index contributed by atoms with van der Waals surface area (Å²) in [5.74, 6) is 0.113. The predicted octanol–water partition coefficient (Wildman–Crippen LogP) is 2.80. The van der Waals surface area contributed by atoms with Crippen molar-refractivity contribution in [3.05, 3.63) is 71.3 Å². The molecule has 0 saturated carbocycles. The highest BCUT2D eigenvalue weighted by Crippen LogP contribution is 2.24. The van der Waals surface area contributed by atoms with Gasteiger partial charge in [0, 0.05) is 26.7 Å². The summed E-state index contributed by atoms with van der Waals surface area (Å²) < 4.78 is 0. The van der Waals surface area contributed by atoms with Gasteiger partial charge in [-0.2, -0.15) is 0 Å². The first-order valence-electron chi connectivity index (χ1n) is 9.29. The number of aliphatic hydroxyl groups is 1. The molecule has 138 valence electrons. The highest BCUT2D eigenvalue weighted by molar-refractivity contribution is 5.79. The first-order chi connectivity index (χ1) is 12.5. The van der Waals surface area contributed by atoms with Crippen LogP contribution in [0.1, 0.15) is 29.2 Å². The van der Waals surface area contributed by atoms with E-state index >= 15 is 0 Å². The molecule has 2 aromatic carbocycles. The quantitative estimate of drug-likeness (QED) is 0.869. The predicted molar refractivity (Wildman–Crippen MR) is 104 cm³/mol. The third-order valence-electron chi connectivity index (χ3n) is 5.20. The zero-order chi connectivity index (χ0) is 18.5. The number of hydrogen-bond donors (Lipinski definition) is 1. The lowest BCUT2D eigenvalue weighted by Gasteiger charge is -2.32. The smallest absolute Gasteiger partial charge is 0.227 e. The maximum absolute atomic E-state index is 12.9. The maximum Gasteiger partial charge on any atom is 0.227 e. The number of aliphatic hydroxyl groups excluding tert-OH is 1. The zero-order valence-electron chi connectivity index (χ0n) is 15.6. The third-order valence-corrected chi connectivity index (χ3v) is 5.20. The number of rotatable bonds is 6. The summed E-state index contributed by atoms with van der Waals surface area (Å²) in [5.41, 5.74) is 3.37. The number of benzene rings is 2. The largest absolute Gasteiger partial charge is 0.392 e. The van der Waals surface area contributed by atoms with Gasteiger partial charge >= 0.3 is 0 Å². The number of likely N-dealkylation sites (tertiary alicyclic amines) is 1. The SMILES string of the molecule is Cc1ccc(CC(=O)N(C)C(CN2CC[C@H](O)C2)c2ccccc2)cc1. The summed E-state index contributed by atoms with van der Waals surface area (Å²) in [6, 6.07) is 18.3. The molecule has 2 atom stereocenters. The minimum absolute atomic E-state index is 0.0144. The van der Waals surface area contributed by atoms with E-state index in [1.54, 1.807) is 0 Å².